The summed E-state index contributed by atoms with van der Waals surface area (Å²) in [6.45, 7) is 4.59. The SMILES string of the molecule is CCCCCCCCC(NN)C1SCCSC1CC. The van der Waals surface area contributed by atoms with Crippen LogP contribution in [0.2, 0.25) is 0 Å². The lowest BCUT2D eigenvalue weighted by Crippen LogP contribution is -2.48. The molecule has 1 fully saturated rings. The molecular formula is C15H32N2S2. The number of hydrazine groups is 1. The van der Waals surface area contributed by atoms with Crippen LogP contribution in [-0.2, 0) is 0 Å². The molecule has 4 heteroatoms. The lowest BCUT2D eigenvalue weighted by Gasteiger charge is -2.35. The van der Waals surface area contributed by atoms with Gasteiger partial charge in [-0.1, -0.05) is 52.4 Å². The second-order valence-electron chi connectivity index (χ2n) is 5.48. The number of hydrogen-bond donors (Lipinski definition) is 2. The molecule has 1 aliphatic heterocycles. The third kappa shape index (κ3) is 6.74. The predicted molar refractivity (Wildman–Crippen MR) is 91.9 cm³/mol. The summed E-state index contributed by atoms with van der Waals surface area (Å²) in [5.74, 6) is 8.42. The molecule has 0 radical (unpaired) electrons. The van der Waals surface area contributed by atoms with Crippen molar-refractivity contribution in [1.29, 1.82) is 0 Å². The third-order valence-corrected chi connectivity index (χ3v) is 7.38. The van der Waals surface area contributed by atoms with Crippen LogP contribution in [0.25, 0.3) is 0 Å². The predicted octanol–water partition coefficient (Wildman–Crippen LogP) is 4.20. The first-order chi connectivity index (χ1) is 9.33. The zero-order valence-corrected chi connectivity index (χ0v) is 14.3. The molecule has 0 aromatic heterocycles. The molecule has 1 aliphatic rings. The van der Waals surface area contributed by atoms with Crippen LogP contribution in [-0.4, -0.2) is 28.0 Å². The molecule has 0 saturated carbocycles. The van der Waals surface area contributed by atoms with Gasteiger partial charge in [0.05, 0.1) is 0 Å². The Morgan fingerprint density at radius 1 is 1.05 bits per heavy atom. The number of hydrogen-bond acceptors (Lipinski definition) is 4. The van der Waals surface area contributed by atoms with E-state index in [4.69, 9.17) is 5.84 Å². The molecule has 114 valence electrons. The smallest absolute Gasteiger partial charge is 0.0340 e. The number of nitrogens with one attached hydrogen (secondary N) is 1. The minimum atomic E-state index is 0.508. The van der Waals surface area contributed by atoms with Crippen molar-refractivity contribution in [2.75, 3.05) is 11.5 Å². The molecule has 0 aromatic rings. The summed E-state index contributed by atoms with van der Waals surface area (Å²) in [6.07, 6.45) is 10.8. The largest absolute Gasteiger partial charge is 0.271 e. The lowest BCUT2D eigenvalue weighted by molar-refractivity contribution is 0.439. The first kappa shape index (κ1) is 17.7. The third-order valence-electron chi connectivity index (χ3n) is 3.97. The molecule has 0 bridgehead atoms. The second-order valence-corrected chi connectivity index (χ2v) is 8.12. The van der Waals surface area contributed by atoms with Gasteiger partial charge < -0.3 is 0 Å². The molecule has 1 heterocycles. The topological polar surface area (TPSA) is 38.0 Å². The fourth-order valence-corrected chi connectivity index (χ4v) is 6.08. The standard InChI is InChI=1S/C15H32N2S2/c1-3-5-6-7-8-9-10-13(17-16)15-14(4-2)18-11-12-19-15/h13-15,17H,3-12,16H2,1-2H3. The van der Waals surface area contributed by atoms with E-state index < -0.39 is 0 Å². The zero-order chi connectivity index (χ0) is 13.9. The van der Waals surface area contributed by atoms with Gasteiger partial charge in [-0.2, -0.15) is 23.5 Å². The molecule has 1 saturated heterocycles. The summed E-state index contributed by atoms with van der Waals surface area (Å²) in [5.41, 5.74) is 3.10. The fraction of sp³-hybridized carbons (Fsp3) is 1.00. The van der Waals surface area contributed by atoms with E-state index in [1.165, 1.54) is 62.9 Å². The maximum absolute atomic E-state index is 5.81. The van der Waals surface area contributed by atoms with Gasteiger partial charge in [-0.15, -0.1) is 0 Å². The molecule has 3 unspecified atom stereocenters. The summed E-state index contributed by atoms with van der Waals surface area (Å²) in [5, 5.41) is 1.50. The maximum Gasteiger partial charge on any atom is 0.0340 e. The normalized spacial score (nSPS) is 25.4. The van der Waals surface area contributed by atoms with E-state index in [0.29, 0.717) is 11.3 Å². The molecule has 3 atom stereocenters. The van der Waals surface area contributed by atoms with Gasteiger partial charge in [-0.3, -0.25) is 11.3 Å². The van der Waals surface area contributed by atoms with E-state index in [-0.39, 0.29) is 0 Å². The summed E-state index contributed by atoms with van der Waals surface area (Å²) in [7, 11) is 0. The number of unbranched alkanes of at least 4 members (excludes halogenated alkanes) is 5. The first-order valence-electron chi connectivity index (χ1n) is 8.02. The Labute approximate surface area is 128 Å². The van der Waals surface area contributed by atoms with Gasteiger partial charge in [-0.25, -0.2) is 0 Å². The van der Waals surface area contributed by atoms with Gasteiger partial charge in [0.2, 0.25) is 0 Å². The summed E-state index contributed by atoms with van der Waals surface area (Å²) in [6, 6.07) is 0.508. The number of nitrogens with two attached hydrogens (primary N) is 1. The minimum absolute atomic E-state index is 0.508. The highest BCUT2D eigenvalue weighted by atomic mass is 32.2. The van der Waals surface area contributed by atoms with Gasteiger partial charge in [0.25, 0.3) is 0 Å². The average molecular weight is 305 g/mol. The molecule has 3 N–H and O–H groups in total. The Bertz CT molecular complexity index is 214. The van der Waals surface area contributed by atoms with Crippen molar-refractivity contribution in [3.05, 3.63) is 0 Å². The maximum atomic E-state index is 5.81. The van der Waals surface area contributed by atoms with E-state index >= 15 is 0 Å². The summed E-state index contributed by atoms with van der Waals surface area (Å²) < 4.78 is 0. The van der Waals surface area contributed by atoms with Crippen LogP contribution in [0.15, 0.2) is 0 Å². The van der Waals surface area contributed by atoms with Crippen molar-refractivity contribution >= 4 is 23.5 Å². The van der Waals surface area contributed by atoms with E-state index in [9.17, 15) is 0 Å². The van der Waals surface area contributed by atoms with Crippen molar-refractivity contribution in [2.45, 2.75) is 81.8 Å². The van der Waals surface area contributed by atoms with Gasteiger partial charge in [0, 0.05) is 28.0 Å². The molecule has 0 spiro atoms. The Morgan fingerprint density at radius 2 is 1.74 bits per heavy atom. The zero-order valence-electron chi connectivity index (χ0n) is 12.7. The quantitative estimate of drug-likeness (QED) is 0.360. The molecule has 0 amide bonds. The lowest BCUT2D eigenvalue weighted by atomic mass is 10.0. The van der Waals surface area contributed by atoms with Crippen molar-refractivity contribution in [3.63, 3.8) is 0 Å². The second kappa shape index (κ2) is 11.3. The number of thioether (sulfide) groups is 2. The summed E-state index contributed by atoms with van der Waals surface area (Å²) >= 11 is 4.29. The molecule has 1 rings (SSSR count). The van der Waals surface area contributed by atoms with E-state index in [2.05, 4.69) is 42.8 Å². The van der Waals surface area contributed by atoms with Crippen molar-refractivity contribution < 1.29 is 0 Å². The van der Waals surface area contributed by atoms with Crippen LogP contribution < -0.4 is 11.3 Å². The van der Waals surface area contributed by atoms with Crippen LogP contribution >= 0.6 is 23.5 Å². The van der Waals surface area contributed by atoms with Crippen LogP contribution in [0.3, 0.4) is 0 Å². The Morgan fingerprint density at radius 3 is 2.42 bits per heavy atom. The highest BCUT2D eigenvalue weighted by Crippen LogP contribution is 2.36. The Kier molecular flexibility index (Phi) is 10.5. The van der Waals surface area contributed by atoms with Crippen molar-refractivity contribution in [3.8, 4) is 0 Å². The van der Waals surface area contributed by atoms with Gasteiger partial charge in [0.1, 0.15) is 0 Å². The van der Waals surface area contributed by atoms with E-state index in [1.54, 1.807) is 0 Å². The summed E-state index contributed by atoms with van der Waals surface area (Å²) in [4.78, 5) is 0. The Balaban J connectivity index is 2.23. The van der Waals surface area contributed by atoms with Gasteiger partial charge in [0.15, 0.2) is 0 Å². The molecule has 0 aliphatic carbocycles. The van der Waals surface area contributed by atoms with Crippen LogP contribution in [0.4, 0.5) is 0 Å². The van der Waals surface area contributed by atoms with Crippen molar-refractivity contribution in [2.24, 2.45) is 5.84 Å². The monoisotopic (exact) mass is 304 g/mol. The van der Waals surface area contributed by atoms with Crippen LogP contribution in [0.5, 0.6) is 0 Å². The molecular weight excluding hydrogens is 272 g/mol. The highest BCUT2D eigenvalue weighted by molar-refractivity contribution is 8.07. The molecule has 2 nitrogen and oxygen atoms in total. The first-order valence-corrected chi connectivity index (χ1v) is 10.1. The van der Waals surface area contributed by atoms with Gasteiger partial charge in [-0.05, 0) is 12.8 Å². The number of rotatable bonds is 10. The van der Waals surface area contributed by atoms with E-state index in [1.807, 2.05) is 0 Å². The minimum Gasteiger partial charge on any atom is -0.271 e. The van der Waals surface area contributed by atoms with E-state index in [0.717, 1.165) is 5.25 Å². The van der Waals surface area contributed by atoms with Crippen LogP contribution in [0.1, 0.15) is 65.2 Å². The van der Waals surface area contributed by atoms with Crippen molar-refractivity contribution in [1.82, 2.24) is 5.43 Å². The molecule has 19 heavy (non-hydrogen) atoms. The van der Waals surface area contributed by atoms with Crippen LogP contribution in [0, 0.1) is 0 Å². The Hall–Kier alpha value is 0.620. The highest BCUT2D eigenvalue weighted by Gasteiger charge is 2.30. The van der Waals surface area contributed by atoms with Gasteiger partial charge >= 0.3 is 0 Å². The average Bonchev–Trinajstić information content (AvgIpc) is 2.47. The molecule has 0 aromatic carbocycles. The fourth-order valence-electron chi connectivity index (χ4n) is 2.80.